The first-order valence-electron chi connectivity index (χ1n) is 11.3. The summed E-state index contributed by atoms with van der Waals surface area (Å²) in [7, 11) is 0. The van der Waals surface area contributed by atoms with Crippen molar-refractivity contribution < 1.29 is 14.3 Å². The summed E-state index contributed by atoms with van der Waals surface area (Å²) >= 11 is 15.5. The average molecular weight is 578 g/mol. The molecule has 0 heterocycles. The van der Waals surface area contributed by atoms with Crippen molar-refractivity contribution in [1.29, 1.82) is 0 Å². The van der Waals surface area contributed by atoms with Crippen molar-refractivity contribution in [1.82, 2.24) is 10.2 Å². The Balaban J connectivity index is 1.89. The van der Waals surface area contributed by atoms with E-state index in [0.717, 1.165) is 17.5 Å². The lowest BCUT2D eigenvalue weighted by Crippen LogP contribution is -2.51. The first-order valence-corrected chi connectivity index (χ1v) is 12.9. The van der Waals surface area contributed by atoms with Crippen LogP contribution < -0.4 is 10.1 Å². The van der Waals surface area contributed by atoms with E-state index in [1.165, 1.54) is 0 Å². The molecule has 35 heavy (non-hydrogen) atoms. The third-order valence-electron chi connectivity index (χ3n) is 5.33. The topological polar surface area (TPSA) is 58.6 Å². The molecular formula is C27H27BrCl2N2O3. The first kappa shape index (κ1) is 27.1. The van der Waals surface area contributed by atoms with Gasteiger partial charge >= 0.3 is 0 Å². The maximum atomic E-state index is 13.5. The maximum Gasteiger partial charge on any atom is 0.261 e. The van der Waals surface area contributed by atoms with E-state index in [1.54, 1.807) is 35.2 Å². The lowest BCUT2D eigenvalue weighted by atomic mass is 10.0. The molecule has 3 rings (SSSR count). The van der Waals surface area contributed by atoms with Gasteiger partial charge < -0.3 is 15.0 Å². The zero-order chi connectivity index (χ0) is 25.2. The number of amides is 2. The van der Waals surface area contributed by atoms with Crippen molar-refractivity contribution in [3.05, 3.63) is 98.4 Å². The summed E-state index contributed by atoms with van der Waals surface area (Å²) in [6.07, 6.45) is 1.17. The minimum absolute atomic E-state index is 0.203. The number of carbonyl (C=O) groups is 2. The van der Waals surface area contributed by atoms with E-state index >= 15 is 0 Å². The Labute approximate surface area is 224 Å². The van der Waals surface area contributed by atoms with Gasteiger partial charge in [-0.2, -0.15) is 0 Å². The monoisotopic (exact) mass is 576 g/mol. The molecule has 0 bridgehead atoms. The molecule has 0 saturated heterocycles. The number of nitrogens with zero attached hydrogens (tertiary/aromatic N) is 1. The van der Waals surface area contributed by atoms with Crippen LogP contribution in [0.5, 0.6) is 5.75 Å². The molecule has 1 atom stereocenters. The van der Waals surface area contributed by atoms with Crippen LogP contribution in [0.25, 0.3) is 0 Å². The zero-order valence-corrected chi connectivity index (χ0v) is 22.4. The van der Waals surface area contributed by atoms with Crippen LogP contribution in [0.2, 0.25) is 10.0 Å². The molecule has 5 nitrogen and oxygen atoms in total. The standard InChI is InChI=1S/C27H27BrCl2N2O3/c1-2-14-31-27(34)24(15-19-6-4-3-5-7-19)32(17-20-8-10-21(29)11-9-20)26(33)18-35-25-13-12-22(30)16-23(25)28/h3-13,16,24H,2,14-15,17-18H2,1H3,(H,31,34)/t24-/m0/s1. The third kappa shape index (κ3) is 8.27. The highest BCUT2D eigenvalue weighted by Gasteiger charge is 2.30. The number of ether oxygens (including phenoxy) is 1. The Hall–Kier alpha value is -2.54. The fourth-order valence-electron chi connectivity index (χ4n) is 3.52. The van der Waals surface area contributed by atoms with Crippen molar-refractivity contribution in [2.45, 2.75) is 32.4 Å². The fraction of sp³-hybridized carbons (Fsp3) is 0.259. The predicted molar refractivity (Wildman–Crippen MR) is 144 cm³/mol. The van der Waals surface area contributed by atoms with Gasteiger partial charge in [0.15, 0.2) is 6.61 Å². The number of benzene rings is 3. The van der Waals surface area contributed by atoms with E-state index in [0.29, 0.717) is 33.2 Å². The van der Waals surface area contributed by atoms with Gasteiger partial charge in [-0.1, -0.05) is 72.6 Å². The van der Waals surface area contributed by atoms with Gasteiger partial charge in [-0.05, 0) is 63.8 Å². The second-order valence-electron chi connectivity index (χ2n) is 8.01. The predicted octanol–water partition coefficient (Wildman–Crippen LogP) is 6.30. The van der Waals surface area contributed by atoms with Crippen LogP contribution in [0, 0.1) is 0 Å². The van der Waals surface area contributed by atoms with Gasteiger partial charge in [-0.25, -0.2) is 0 Å². The summed E-state index contributed by atoms with van der Waals surface area (Å²) in [5.74, 6) is -0.0238. The van der Waals surface area contributed by atoms with Crippen LogP contribution in [0.1, 0.15) is 24.5 Å². The maximum absolute atomic E-state index is 13.5. The second-order valence-corrected chi connectivity index (χ2v) is 9.74. The van der Waals surface area contributed by atoms with E-state index in [9.17, 15) is 9.59 Å². The summed E-state index contributed by atoms with van der Waals surface area (Å²) in [4.78, 5) is 28.4. The summed E-state index contributed by atoms with van der Waals surface area (Å²) < 4.78 is 6.45. The number of rotatable bonds is 11. The largest absolute Gasteiger partial charge is 0.483 e. The molecule has 0 aliphatic heterocycles. The highest BCUT2D eigenvalue weighted by atomic mass is 79.9. The highest BCUT2D eigenvalue weighted by Crippen LogP contribution is 2.28. The Bertz CT molecular complexity index is 1130. The molecule has 1 N–H and O–H groups in total. The smallest absolute Gasteiger partial charge is 0.261 e. The molecule has 3 aromatic carbocycles. The molecule has 0 spiro atoms. The summed E-state index contributed by atoms with van der Waals surface area (Å²) in [5.41, 5.74) is 1.82. The van der Waals surface area contributed by atoms with Crippen LogP contribution in [0.3, 0.4) is 0 Å². The van der Waals surface area contributed by atoms with Crippen molar-refractivity contribution in [3.63, 3.8) is 0 Å². The van der Waals surface area contributed by atoms with E-state index in [2.05, 4.69) is 21.2 Å². The molecule has 3 aromatic rings. The second kappa shape index (κ2) is 13.5. The molecule has 0 aliphatic rings. The third-order valence-corrected chi connectivity index (χ3v) is 6.44. The molecule has 0 aromatic heterocycles. The molecule has 0 saturated carbocycles. The summed E-state index contributed by atoms with van der Waals surface area (Å²) in [6.45, 7) is 2.51. The van der Waals surface area contributed by atoms with Crippen LogP contribution in [-0.4, -0.2) is 35.9 Å². The SMILES string of the molecule is CCCNC(=O)[C@H](Cc1ccccc1)N(Cc1ccc(Cl)cc1)C(=O)COc1ccc(Cl)cc1Br. The van der Waals surface area contributed by atoms with Crippen LogP contribution in [0.4, 0.5) is 0 Å². The molecule has 0 aliphatic carbocycles. The van der Waals surface area contributed by atoms with Gasteiger partial charge in [0.1, 0.15) is 11.8 Å². The summed E-state index contributed by atoms with van der Waals surface area (Å²) in [5, 5.41) is 4.11. The van der Waals surface area contributed by atoms with Gasteiger partial charge in [-0.3, -0.25) is 9.59 Å². The molecule has 0 radical (unpaired) electrons. The Kier molecular flexibility index (Phi) is 10.5. The van der Waals surface area contributed by atoms with Gasteiger partial charge in [0.05, 0.1) is 4.47 Å². The molecule has 184 valence electrons. The molecule has 2 amide bonds. The molecular weight excluding hydrogens is 551 g/mol. The van der Waals surface area contributed by atoms with Gasteiger partial charge in [0.2, 0.25) is 5.91 Å². The number of halogens is 3. The van der Waals surface area contributed by atoms with Crippen molar-refractivity contribution in [3.8, 4) is 5.75 Å². The number of hydrogen-bond donors (Lipinski definition) is 1. The molecule has 8 heteroatoms. The highest BCUT2D eigenvalue weighted by molar-refractivity contribution is 9.10. The van der Waals surface area contributed by atoms with Gasteiger partial charge in [0, 0.05) is 29.6 Å². The van der Waals surface area contributed by atoms with Gasteiger partial charge in [0.25, 0.3) is 5.91 Å². The van der Waals surface area contributed by atoms with E-state index in [-0.39, 0.29) is 25.0 Å². The number of carbonyl (C=O) groups excluding carboxylic acids is 2. The fourth-order valence-corrected chi connectivity index (χ4v) is 4.44. The van der Waals surface area contributed by atoms with Crippen LogP contribution in [-0.2, 0) is 22.6 Å². The molecule has 0 unspecified atom stereocenters. The van der Waals surface area contributed by atoms with E-state index in [4.69, 9.17) is 27.9 Å². The number of nitrogens with one attached hydrogen (secondary N) is 1. The minimum Gasteiger partial charge on any atom is -0.483 e. The van der Waals surface area contributed by atoms with Crippen LogP contribution >= 0.6 is 39.1 Å². The zero-order valence-electron chi connectivity index (χ0n) is 19.3. The first-order chi connectivity index (χ1) is 16.9. The normalized spacial score (nSPS) is 11.5. The van der Waals surface area contributed by atoms with Crippen LogP contribution in [0.15, 0.2) is 77.3 Å². The van der Waals surface area contributed by atoms with E-state index in [1.807, 2.05) is 49.4 Å². The quantitative estimate of drug-likeness (QED) is 0.291. The lowest BCUT2D eigenvalue weighted by molar-refractivity contribution is -0.142. The Morgan fingerprint density at radius 2 is 1.66 bits per heavy atom. The Morgan fingerprint density at radius 3 is 2.31 bits per heavy atom. The van der Waals surface area contributed by atoms with Gasteiger partial charge in [-0.15, -0.1) is 0 Å². The Morgan fingerprint density at radius 1 is 0.971 bits per heavy atom. The number of hydrogen-bond acceptors (Lipinski definition) is 3. The van der Waals surface area contributed by atoms with Crippen molar-refractivity contribution in [2.24, 2.45) is 0 Å². The summed E-state index contributed by atoms with van der Waals surface area (Å²) in [6, 6.07) is 21.3. The van der Waals surface area contributed by atoms with Crippen molar-refractivity contribution >= 4 is 50.9 Å². The molecule has 0 fully saturated rings. The minimum atomic E-state index is -0.718. The average Bonchev–Trinajstić information content (AvgIpc) is 2.85. The lowest BCUT2D eigenvalue weighted by Gasteiger charge is -2.31. The van der Waals surface area contributed by atoms with E-state index < -0.39 is 6.04 Å². The van der Waals surface area contributed by atoms with Crippen molar-refractivity contribution in [2.75, 3.05) is 13.2 Å².